The summed E-state index contributed by atoms with van der Waals surface area (Å²) in [7, 11) is 4.79. The molecule has 3 N–H and O–H groups in total. The molecule has 3 rings (SSSR count). The minimum Gasteiger partial charge on any atom is -0.394 e. The fourth-order valence-electron chi connectivity index (χ4n) is 3.89. The monoisotopic (exact) mass is 678 g/mol. The Balaban J connectivity index is 1.99. The first-order valence-electron chi connectivity index (χ1n) is 12.0. The molecule has 0 aliphatic heterocycles. The zero-order valence-corrected chi connectivity index (χ0v) is 26.5. The molecule has 3 atom stereocenters. The number of thioether (sulfide) groups is 1. The molecule has 1 heterocycles. The maximum atomic E-state index is 13.4. The number of benzene rings is 1. The average molecular weight is 679 g/mol. The third kappa shape index (κ3) is 8.64. The van der Waals surface area contributed by atoms with Gasteiger partial charge < -0.3 is 20.6 Å². The summed E-state index contributed by atoms with van der Waals surface area (Å²) in [4.78, 5) is 10.00. The number of nitrogens with zero attached hydrogens (tertiary/aromatic N) is 3. The van der Waals surface area contributed by atoms with Crippen LogP contribution in [0.25, 0.3) is 0 Å². The molecule has 12 heteroatoms. The lowest BCUT2D eigenvalue weighted by Gasteiger charge is -2.25. The first kappa shape index (κ1) is 30.3. The van der Waals surface area contributed by atoms with Crippen LogP contribution < -0.4 is 20.6 Å². The van der Waals surface area contributed by atoms with Gasteiger partial charge >= 0.3 is 0 Å². The van der Waals surface area contributed by atoms with Crippen molar-refractivity contribution in [2.45, 2.75) is 43.2 Å². The van der Waals surface area contributed by atoms with Gasteiger partial charge in [-0.3, -0.25) is 4.99 Å². The average Bonchev–Trinajstić information content (AvgIpc) is 3.71. The third-order valence-electron chi connectivity index (χ3n) is 6.08. The lowest BCUT2D eigenvalue weighted by Crippen LogP contribution is -2.21. The van der Waals surface area contributed by atoms with E-state index in [-0.39, 0.29) is 12.0 Å². The molecule has 2 aromatic rings. The normalized spacial score (nSPS) is 14.8. The fourth-order valence-corrected chi connectivity index (χ4v) is 6.51. The summed E-state index contributed by atoms with van der Waals surface area (Å²) in [6.45, 7) is 6.21. The van der Waals surface area contributed by atoms with E-state index in [2.05, 4.69) is 84.1 Å². The third-order valence-corrected chi connectivity index (χ3v) is 10.1. The number of alkyl halides is 2. The van der Waals surface area contributed by atoms with Crippen LogP contribution in [-0.4, -0.2) is 44.5 Å². The minimum absolute atomic E-state index is 0.0783. The van der Waals surface area contributed by atoms with Gasteiger partial charge in [0.05, 0.1) is 17.9 Å². The van der Waals surface area contributed by atoms with Crippen molar-refractivity contribution >= 4 is 84.8 Å². The van der Waals surface area contributed by atoms with E-state index in [1.807, 2.05) is 25.6 Å². The van der Waals surface area contributed by atoms with Gasteiger partial charge in [-0.2, -0.15) is 0 Å². The van der Waals surface area contributed by atoms with Gasteiger partial charge in [-0.1, -0.05) is 18.9 Å². The molecule has 1 aliphatic rings. The Morgan fingerprint density at radius 1 is 1.38 bits per heavy atom. The number of rotatable bonds is 15. The topological polar surface area (TPSA) is 64.6 Å². The summed E-state index contributed by atoms with van der Waals surface area (Å²) in [5, 5.41) is 9.99. The van der Waals surface area contributed by atoms with Crippen molar-refractivity contribution in [3.8, 4) is 0 Å². The summed E-state index contributed by atoms with van der Waals surface area (Å²) in [6.07, 6.45) is 5.26. The molecule has 37 heavy (non-hydrogen) atoms. The van der Waals surface area contributed by atoms with E-state index in [0.717, 1.165) is 29.5 Å². The second-order valence-electron chi connectivity index (χ2n) is 8.87. The second kappa shape index (κ2) is 14.8. The molecule has 1 saturated carbocycles. The molecule has 1 aromatic carbocycles. The van der Waals surface area contributed by atoms with Gasteiger partial charge in [0.15, 0.2) is 5.82 Å². The van der Waals surface area contributed by atoms with Crippen LogP contribution in [-0.2, 0) is 0 Å². The number of anilines is 4. The van der Waals surface area contributed by atoms with Crippen molar-refractivity contribution in [1.82, 2.24) is 10.3 Å². The van der Waals surface area contributed by atoms with Crippen molar-refractivity contribution in [3.05, 3.63) is 41.6 Å². The maximum absolute atomic E-state index is 13.4. The molecular formula is C25H35F2IN6P2S. The highest BCUT2D eigenvalue weighted by atomic mass is 127. The lowest BCUT2D eigenvalue weighted by molar-refractivity contribution is 0.159. The Bertz CT molecular complexity index is 1100. The van der Waals surface area contributed by atoms with Gasteiger partial charge in [-0.05, 0) is 83.7 Å². The molecule has 0 amide bonds. The lowest BCUT2D eigenvalue weighted by atomic mass is 10.1. The predicted molar refractivity (Wildman–Crippen MR) is 172 cm³/mol. The summed E-state index contributed by atoms with van der Waals surface area (Å²) in [5.74, 6) is 1.82. The predicted octanol–water partition coefficient (Wildman–Crippen LogP) is 8.15. The van der Waals surface area contributed by atoms with Crippen molar-refractivity contribution in [3.63, 3.8) is 0 Å². The standard InChI is InChI=1S/C25H35F2IN6P2S/c1-15(13-29-2)24(35)17-7-8-18(20(11-17)37-4)32-19-12-22(31-10-9-16-5-6-16)33-25(23(19)30-3)34(36-28)14-21(26)27/h7-8,11-13,16,21,24,29,36H,3,5-6,9-10,14,35H2,1-2,4H3,(H2,31,32,33)/b15-13-. The summed E-state index contributed by atoms with van der Waals surface area (Å²) >= 11 is 3.75. The van der Waals surface area contributed by atoms with Crippen molar-refractivity contribution < 1.29 is 8.78 Å². The van der Waals surface area contributed by atoms with Gasteiger partial charge in [-0.15, -0.1) is 21.0 Å². The van der Waals surface area contributed by atoms with Crippen molar-refractivity contribution in [1.29, 1.82) is 0 Å². The van der Waals surface area contributed by atoms with Crippen LogP contribution in [0.4, 0.5) is 37.5 Å². The zero-order chi connectivity index (χ0) is 26.9. The first-order valence-corrected chi connectivity index (χ1v) is 18.0. The number of nitrogens with one attached hydrogen (secondary N) is 3. The highest BCUT2D eigenvalue weighted by molar-refractivity contribution is 14.2. The second-order valence-corrected chi connectivity index (χ2v) is 12.5. The first-order chi connectivity index (χ1) is 17.8. The highest BCUT2D eigenvalue weighted by Crippen LogP contribution is 2.45. The summed E-state index contributed by atoms with van der Waals surface area (Å²) in [5.41, 5.74) is 4.62. The van der Waals surface area contributed by atoms with E-state index in [9.17, 15) is 8.78 Å². The number of hydrogen-bond donors (Lipinski definition) is 3. The number of aliphatic imine (C=N–C) groups is 1. The fraction of sp³-hybridized carbons (Fsp3) is 0.440. The minimum atomic E-state index is -2.49. The van der Waals surface area contributed by atoms with E-state index in [1.165, 1.54) is 24.0 Å². The van der Waals surface area contributed by atoms with E-state index < -0.39 is 13.0 Å². The molecule has 1 fully saturated rings. The Hall–Kier alpha value is -1.22. The molecule has 6 nitrogen and oxygen atoms in total. The van der Waals surface area contributed by atoms with E-state index in [0.29, 0.717) is 23.0 Å². The Kier molecular flexibility index (Phi) is 12.1. The Labute approximate surface area is 240 Å². The molecular weight excluding hydrogens is 643 g/mol. The van der Waals surface area contributed by atoms with Gasteiger partial charge in [0.1, 0.15) is 11.5 Å². The molecule has 3 unspecified atom stereocenters. The molecule has 0 saturated heterocycles. The van der Waals surface area contributed by atoms with Crippen LogP contribution >= 0.6 is 49.4 Å². The quantitative estimate of drug-likeness (QED) is 0.0766. The zero-order valence-electron chi connectivity index (χ0n) is 21.3. The number of pyridine rings is 1. The van der Waals surface area contributed by atoms with Gasteiger partial charge in [-0.25, -0.2) is 13.8 Å². The molecule has 0 radical (unpaired) electrons. The SMILES string of the molecule is C=Nc1c(Nc2ccc(C(P)/C(C)=C\NC)cc2SC)cc(NCCC2CC2)nc1N(CC(F)F)PI. The Morgan fingerprint density at radius 3 is 2.73 bits per heavy atom. The number of halogens is 3. The van der Waals surface area contributed by atoms with Crippen LogP contribution in [0.5, 0.6) is 0 Å². The van der Waals surface area contributed by atoms with Crippen LogP contribution in [0.3, 0.4) is 0 Å². The molecule has 0 spiro atoms. The summed E-state index contributed by atoms with van der Waals surface area (Å²) in [6, 6.07) is 8.22. The van der Waals surface area contributed by atoms with Crippen molar-refractivity contribution in [2.24, 2.45) is 10.9 Å². The van der Waals surface area contributed by atoms with Crippen LogP contribution in [0, 0.1) is 5.92 Å². The van der Waals surface area contributed by atoms with E-state index in [4.69, 9.17) is 4.98 Å². The van der Waals surface area contributed by atoms with Gasteiger partial charge in [0, 0.05) is 36.6 Å². The van der Waals surface area contributed by atoms with Gasteiger partial charge in [0.2, 0.25) is 0 Å². The number of allylic oxidation sites excluding steroid dienone is 1. The van der Waals surface area contributed by atoms with Crippen molar-refractivity contribution in [2.75, 3.05) is 41.7 Å². The molecule has 202 valence electrons. The molecule has 1 aliphatic carbocycles. The van der Waals surface area contributed by atoms with Crippen LogP contribution in [0.1, 0.15) is 37.4 Å². The van der Waals surface area contributed by atoms with Crippen LogP contribution in [0.15, 0.2) is 45.9 Å². The highest BCUT2D eigenvalue weighted by Gasteiger charge is 2.23. The smallest absolute Gasteiger partial charge is 0.256 e. The largest absolute Gasteiger partial charge is 0.394 e. The maximum Gasteiger partial charge on any atom is 0.256 e. The van der Waals surface area contributed by atoms with E-state index in [1.54, 1.807) is 16.4 Å². The van der Waals surface area contributed by atoms with Gasteiger partial charge in [0.25, 0.3) is 6.43 Å². The summed E-state index contributed by atoms with van der Waals surface area (Å²) < 4.78 is 28.3. The van der Waals surface area contributed by atoms with E-state index >= 15 is 0 Å². The molecule has 0 bridgehead atoms. The number of aromatic nitrogens is 1. The number of hydrogen-bond acceptors (Lipinski definition) is 7. The van der Waals surface area contributed by atoms with Crippen LogP contribution in [0.2, 0.25) is 0 Å². The Morgan fingerprint density at radius 2 is 2.14 bits per heavy atom. The molecule has 1 aromatic heterocycles.